The van der Waals surface area contributed by atoms with Crippen LogP contribution in [0.2, 0.25) is 0 Å². The second-order valence-corrected chi connectivity index (χ2v) is 7.80. The van der Waals surface area contributed by atoms with Crippen LogP contribution < -0.4 is 5.32 Å². The molecule has 1 aliphatic heterocycles. The van der Waals surface area contributed by atoms with Crippen molar-refractivity contribution in [2.75, 3.05) is 5.32 Å². The molecule has 4 heteroatoms. The molecule has 2 aliphatic rings. The highest BCUT2D eigenvalue weighted by molar-refractivity contribution is 6.10. The Kier molecular flexibility index (Phi) is 3.64. The number of anilines is 1. The number of hydrogen-bond acceptors (Lipinski definition) is 4. The van der Waals surface area contributed by atoms with Gasteiger partial charge in [0.2, 0.25) is 0 Å². The highest BCUT2D eigenvalue weighted by Crippen LogP contribution is 2.45. The van der Waals surface area contributed by atoms with Gasteiger partial charge in [-0.05, 0) is 41.7 Å². The smallest absolute Gasteiger partial charge is 0.144 e. The number of ketones is 1. The Bertz CT molecular complexity index is 870. The Morgan fingerprint density at radius 1 is 1.12 bits per heavy atom. The van der Waals surface area contributed by atoms with Crippen LogP contribution in [0.25, 0.3) is 0 Å². The highest BCUT2D eigenvalue weighted by Gasteiger charge is 2.43. The maximum atomic E-state index is 13.0. The summed E-state index contributed by atoms with van der Waals surface area (Å²) in [5, 5.41) is 13.4. The van der Waals surface area contributed by atoms with Crippen molar-refractivity contribution in [3.63, 3.8) is 0 Å². The molecule has 25 heavy (non-hydrogen) atoms. The number of nitrogens with zero attached hydrogens (tertiary/aromatic N) is 1. The molecule has 1 saturated carbocycles. The Morgan fingerprint density at radius 3 is 2.72 bits per heavy atom. The molecule has 2 atom stereocenters. The van der Waals surface area contributed by atoms with Gasteiger partial charge in [-0.25, -0.2) is 0 Å². The van der Waals surface area contributed by atoms with Crippen LogP contribution in [0.1, 0.15) is 38.3 Å². The van der Waals surface area contributed by atoms with E-state index in [9.17, 15) is 9.90 Å². The lowest BCUT2D eigenvalue weighted by Gasteiger charge is -2.37. The van der Waals surface area contributed by atoms with E-state index in [0.717, 1.165) is 29.1 Å². The zero-order valence-electron chi connectivity index (χ0n) is 14.5. The van der Waals surface area contributed by atoms with E-state index in [1.807, 2.05) is 36.4 Å². The van der Waals surface area contributed by atoms with E-state index in [1.54, 1.807) is 12.1 Å². The van der Waals surface area contributed by atoms with Crippen molar-refractivity contribution >= 4 is 22.9 Å². The van der Waals surface area contributed by atoms with Crippen molar-refractivity contribution in [3.05, 3.63) is 54.1 Å². The zero-order chi connectivity index (χ0) is 17.6. The van der Waals surface area contributed by atoms with Crippen LogP contribution in [0, 0.1) is 11.3 Å². The summed E-state index contributed by atoms with van der Waals surface area (Å²) in [6, 6.07) is 14.8. The standard InChI is InChI=1S/C21H22N2O2/c1-21(2)11-17-19(18(25)12-21)20(13-6-5-7-14(24)10-13)23-16-9-4-3-8-15(16)22-17/h3-10,19-20,23-24H,11-12H2,1-2H3/t19?,20-/m0/s1. The van der Waals surface area contributed by atoms with Gasteiger partial charge in [0.1, 0.15) is 11.5 Å². The van der Waals surface area contributed by atoms with Gasteiger partial charge in [-0.3, -0.25) is 9.79 Å². The number of Topliss-reactive ketones (excluding diaryl/α,β-unsaturated/α-hetero) is 1. The maximum Gasteiger partial charge on any atom is 0.144 e. The Labute approximate surface area is 147 Å². The van der Waals surface area contributed by atoms with E-state index in [0.29, 0.717) is 6.42 Å². The van der Waals surface area contributed by atoms with Crippen molar-refractivity contribution in [2.24, 2.45) is 16.3 Å². The van der Waals surface area contributed by atoms with E-state index in [-0.39, 0.29) is 28.9 Å². The van der Waals surface area contributed by atoms with Gasteiger partial charge in [0.15, 0.2) is 0 Å². The third kappa shape index (κ3) is 2.93. The lowest BCUT2D eigenvalue weighted by Crippen LogP contribution is -2.42. The van der Waals surface area contributed by atoms with Gasteiger partial charge in [-0.1, -0.05) is 38.1 Å². The summed E-state index contributed by atoms with van der Waals surface area (Å²) in [7, 11) is 0. The predicted molar refractivity (Wildman–Crippen MR) is 99.5 cm³/mol. The number of benzene rings is 2. The van der Waals surface area contributed by atoms with E-state index < -0.39 is 0 Å². The lowest BCUT2D eigenvalue weighted by atomic mass is 9.68. The average Bonchev–Trinajstić information content (AvgIpc) is 2.70. The number of aromatic hydroxyl groups is 1. The molecule has 0 radical (unpaired) electrons. The summed E-state index contributed by atoms with van der Waals surface area (Å²) in [4.78, 5) is 17.9. The first-order valence-corrected chi connectivity index (χ1v) is 8.68. The highest BCUT2D eigenvalue weighted by atomic mass is 16.3. The fourth-order valence-electron chi connectivity index (χ4n) is 4.01. The Morgan fingerprint density at radius 2 is 1.92 bits per heavy atom. The zero-order valence-corrected chi connectivity index (χ0v) is 14.5. The normalized spacial score (nSPS) is 24.4. The van der Waals surface area contributed by atoms with Gasteiger partial charge >= 0.3 is 0 Å². The number of fused-ring (bicyclic) bond motifs is 2. The third-order valence-corrected chi connectivity index (χ3v) is 5.06. The molecule has 2 aromatic carbocycles. The second kappa shape index (κ2) is 5.73. The molecule has 4 nitrogen and oxygen atoms in total. The van der Waals surface area contributed by atoms with E-state index >= 15 is 0 Å². The molecular weight excluding hydrogens is 312 g/mol. The average molecular weight is 334 g/mol. The lowest BCUT2D eigenvalue weighted by molar-refractivity contribution is -0.124. The van der Waals surface area contributed by atoms with Gasteiger partial charge < -0.3 is 10.4 Å². The van der Waals surface area contributed by atoms with Crippen LogP contribution >= 0.6 is 0 Å². The molecule has 2 aromatic rings. The van der Waals surface area contributed by atoms with Crippen molar-refractivity contribution in [1.29, 1.82) is 0 Å². The first-order chi connectivity index (χ1) is 11.9. The summed E-state index contributed by atoms with van der Waals surface area (Å²) < 4.78 is 0. The summed E-state index contributed by atoms with van der Waals surface area (Å²) in [6.45, 7) is 4.24. The molecule has 1 fully saturated rings. The largest absolute Gasteiger partial charge is 0.508 e. The van der Waals surface area contributed by atoms with Gasteiger partial charge in [-0.15, -0.1) is 0 Å². The molecule has 0 spiro atoms. The minimum absolute atomic E-state index is 0.0743. The molecule has 0 aromatic heterocycles. The van der Waals surface area contributed by atoms with Crippen molar-refractivity contribution in [1.82, 2.24) is 0 Å². The molecule has 1 unspecified atom stereocenters. The van der Waals surface area contributed by atoms with E-state index in [4.69, 9.17) is 4.99 Å². The summed E-state index contributed by atoms with van der Waals surface area (Å²) in [5.74, 6) is 0.116. The molecule has 0 bridgehead atoms. The molecular formula is C21H22N2O2. The number of nitrogens with one attached hydrogen (secondary N) is 1. The first-order valence-electron chi connectivity index (χ1n) is 8.68. The number of carbonyl (C=O) groups is 1. The fourth-order valence-corrected chi connectivity index (χ4v) is 4.01. The van der Waals surface area contributed by atoms with Crippen LogP contribution in [0.3, 0.4) is 0 Å². The van der Waals surface area contributed by atoms with Crippen molar-refractivity contribution < 1.29 is 9.90 Å². The maximum absolute atomic E-state index is 13.0. The van der Waals surface area contributed by atoms with Crippen LogP contribution in [-0.4, -0.2) is 16.6 Å². The Hall–Kier alpha value is -2.62. The van der Waals surface area contributed by atoms with Crippen LogP contribution in [-0.2, 0) is 4.79 Å². The molecule has 2 N–H and O–H groups in total. The molecule has 0 amide bonds. The quantitative estimate of drug-likeness (QED) is 0.799. The van der Waals surface area contributed by atoms with Gasteiger partial charge in [0.25, 0.3) is 0 Å². The molecule has 1 heterocycles. The summed E-state index contributed by atoms with van der Waals surface area (Å²) in [5.41, 5.74) is 3.56. The molecule has 128 valence electrons. The number of hydrogen-bond donors (Lipinski definition) is 2. The summed E-state index contributed by atoms with van der Waals surface area (Å²) >= 11 is 0. The van der Waals surface area contributed by atoms with Gasteiger partial charge in [0, 0.05) is 12.1 Å². The topological polar surface area (TPSA) is 61.7 Å². The Balaban J connectivity index is 1.87. The summed E-state index contributed by atoms with van der Waals surface area (Å²) in [6.07, 6.45) is 1.35. The number of carbonyl (C=O) groups excluding carboxylic acids is 1. The third-order valence-electron chi connectivity index (χ3n) is 5.06. The predicted octanol–water partition coefficient (Wildman–Crippen LogP) is 4.64. The van der Waals surface area contributed by atoms with Crippen molar-refractivity contribution in [3.8, 4) is 5.75 Å². The fraction of sp³-hybridized carbons (Fsp3) is 0.333. The van der Waals surface area contributed by atoms with Crippen LogP contribution in [0.5, 0.6) is 5.75 Å². The number of para-hydroxylation sites is 2. The van der Waals surface area contributed by atoms with Gasteiger partial charge in [-0.2, -0.15) is 0 Å². The second-order valence-electron chi connectivity index (χ2n) is 7.80. The van der Waals surface area contributed by atoms with E-state index in [1.165, 1.54) is 0 Å². The molecule has 4 rings (SSSR count). The van der Waals surface area contributed by atoms with Crippen LogP contribution in [0.4, 0.5) is 11.4 Å². The number of aliphatic imine (C=N–C) groups is 1. The SMILES string of the molecule is CC1(C)CC(=O)C2C(=Nc3ccccc3N[C@H]2c2cccc(O)c2)C1. The molecule has 1 aliphatic carbocycles. The molecule has 0 saturated heterocycles. The minimum Gasteiger partial charge on any atom is -0.508 e. The number of rotatable bonds is 1. The first kappa shape index (κ1) is 15.9. The van der Waals surface area contributed by atoms with Crippen molar-refractivity contribution in [2.45, 2.75) is 32.7 Å². The number of phenolic OH excluding ortho intramolecular Hbond substituents is 1. The monoisotopic (exact) mass is 334 g/mol. The van der Waals surface area contributed by atoms with E-state index in [2.05, 4.69) is 19.2 Å². The minimum atomic E-state index is -0.303. The van der Waals surface area contributed by atoms with Gasteiger partial charge in [0.05, 0.1) is 23.3 Å². The number of phenols is 1. The van der Waals surface area contributed by atoms with Crippen LogP contribution in [0.15, 0.2) is 53.5 Å².